The Morgan fingerprint density at radius 1 is 0.148 bits per heavy atom. The second kappa shape index (κ2) is 25.8. The van der Waals surface area contributed by atoms with E-state index in [1.807, 2.05) is 48.5 Å². The number of benzene rings is 26. The predicted molar refractivity (Wildman–Crippen MR) is 521 cm³/mol. The van der Waals surface area contributed by atoms with Gasteiger partial charge in [-0.2, -0.15) is 0 Å². The summed E-state index contributed by atoms with van der Waals surface area (Å²) in [6.45, 7) is 0. The third kappa shape index (κ3) is 9.89. The fourth-order valence-electron chi connectivity index (χ4n) is 17.6. The van der Waals surface area contributed by atoms with Gasteiger partial charge < -0.3 is 8.83 Å². The zero-order chi connectivity index (χ0) is 125. The Kier molecular flexibility index (Phi) is 7.29. The SMILES string of the molecule is [2H]c1c([2H])c([2H])c(-c2c([2H])c(-c3c([2H])c([2H])c([2H])c4oc5c([2H])c6c([2H])c([2H])c([2H])c([2H])c6c([2H])c5c34)c(-c3c([2H])c([2H])c4c([2H])c([2H])c5c([2H])c([2H])c([2H])c6c([2H])c([2H])c3c4c56)c([2H])c2-c2c([2H])c([2H])c3c([2H])c([2H])c4c([2H])c([2H])c([2H])c5c([2H])c([2H])c2c3c45)c([2H])c1[2H].[2H]c1c([2H])c2c([2H])c([2H])c3c([2H])c([2H])c(-c4cc(-c5c([2H])c([2H])c6c([2H])c([2H])c7c([2H])c([2H])c([2H])c8c([2H])c([2H])c5c6c78)c(-c5cccc6oc7cc8ccccc8cc7c56)cc4-c4ccccc4)c4c([2H])c([2H])c(c1[2H])c2c34. The van der Waals surface area contributed by atoms with Crippen LogP contribution in [0.4, 0.5) is 0 Å². The lowest BCUT2D eigenvalue weighted by Crippen LogP contribution is -1.95. The molecule has 28 rings (SSSR count). The van der Waals surface area contributed by atoms with E-state index in [1.165, 1.54) is 0 Å². The first-order chi connectivity index (χ1) is 82.2. The second-order valence-electron chi connectivity index (χ2n) is 29.3. The summed E-state index contributed by atoms with van der Waals surface area (Å²) in [5.74, 6) is 0. The van der Waals surface area contributed by atoms with Crippen molar-refractivity contribution in [1.82, 2.24) is 0 Å². The van der Waals surface area contributed by atoms with Crippen LogP contribution in [0.1, 0.15) is 71.3 Å². The lowest BCUT2D eigenvalue weighted by molar-refractivity contribution is 0.669. The molecular formula is C120H68O2. The zero-order valence-corrected chi connectivity index (χ0v) is 62.1. The van der Waals surface area contributed by atoms with Crippen LogP contribution in [0.25, 0.3) is 284 Å². The minimum absolute atomic E-state index is 0.0403. The van der Waals surface area contributed by atoms with Crippen LogP contribution in [0.2, 0.25) is 0 Å². The molecule has 26 aromatic carbocycles. The molecule has 2 nitrogen and oxygen atoms in total. The Balaban J connectivity index is 0.000000167. The maximum atomic E-state index is 11.1. The number of fused-ring (bicyclic) bond motifs is 8. The van der Waals surface area contributed by atoms with Gasteiger partial charge in [0.2, 0.25) is 0 Å². The Hall–Kier alpha value is -16.0. The van der Waals surface area contributed by atoms with Gasteiger partial charge in [-0.05, 0) is 300 Å². The largest absolute Gasteiger partial charge is 0.456 e. The van der Waals surface area contributed by atoms with Crippen LogP contribution < -0.4 is 0 Å². The van der Waals surface area contributed by atoms with Crippen LogP contribution in [0.5, 0.6) is 0 Å². The predicted octanol–water partition coefficient (Wildman–Crippen LogP) is 34.4. The Morgan fingerprint density at radius 2 is 0.525 bits per heavy atom. The summed E-state index contributed by atoms with van der Waals surface area (Å²) < 4.78 is 502. The van der Waals surface area contributed by atoms with Crippen LogP contribution in [0, 0.1) is 0 Å². The lowest BCUT2D eigenvalue weighted by atomic mass is 9.81. The summed E-state index contributed by atoms with van der Waals surface area (Å²) in [6.07, 6.45) is 0. The molecular weight excluding hydrogens is 1470 g/mol. The quantitative estimate of drug-likeness (QED) is 0.142. The molecule has 0 aliphatic carbocycles. The molecule has 0 N–H and O–H groups in total. The van der Waals surface area contributed by atoms with Crippen molar-refractivity contribution < 1.29 is 80.1 Å². The van der Waals surface area contributed by atoms with Crippen LogP contribution in [0.3, 0.4) is 0 Å². The molecule has 28 aromatic rings. The van der Waals surface area contributed by atoms with E-state index in [4.69, 9.17) is 39.0 Å². The minimum atomic E-state index is -1.32. The highest BCUT2D eigenvalue weighted by Crippen LogP contribution is 2.55. The molecule has 0 saturated heterocycles. The standard InChI is InChI=1S/2C60H34O/c2*1-2-9-35(10-3-1)49-33-52(46-17-8-18-54-60(46)53-31-42-11-4-5-12-43(42)32-55(53)61-54)51(45-28-24-41-22-20-37-14-7-16-39-26-30-48(45)59(41)57(37)39)34-50(49)44-27-23-40-21-19-36-13-6-15-38-25-29-47(44)58(40)56(36)38/h2*1-34H/i1D,2D,3D,4D,5D,6D,7D,8D,9D,10D,11D,12D,13D,14D,15D,16D,17D,18D,19D,20D,21D,22D,23D,24D,25D,26D,27D,28D,29D,30D,31D,32D,33D,34D;6D,7D,13D,14D,15D,16D,19D,20D,21D,22D,23D,24D,25D,26D,27D,28D,29D,30D. The first-order valence-electron chi connectivity index (χ1n) is 64.1. The number of rotatable bonds is 8. The van der Waals surface area contributed by atoms with E-state index in [-0.39, 0.29) is 86.9 Å². The molecule has 0 atom stereocenters. The number of hydrogen-bond donors (Lipinski definition) is 0. The summed E-state index contributed by atoms with van der Waals surface area (Å²) in [5, 5.41) is -8.56. The van der Waals surface area contributed by atoms with E-state index in [1.54, 1.807) is 48.5 Å². The second-order valence-corrected chi connectivity index (χ2v) is 29.3. The van der Waals surface area contributed by atoms with Crippen LogP contribution >= 0.6 is 0 Å². The molecule has 0 fully saturated rings. The Bertz CT molecular complexity index is 12500. The normalized spacial score (nSPS) is 18.2. The van der Waals surface area contributed by atoms with Crippen LogP contribution in [-0.4, -0.2) is 0 Å². The van der Waals surface area contributed by atoms with Gasteiger partial charge in [0.1, 0.15) is 22.3 Å². The van der Waals surface area contributed by atoms with Crippen molar-refractivity contribution in [3.8, 4) is 89.0 Å². The topological polar surface area (TPSA) is 26.3 Å². The lowest BCUT2D eigenvalue weighted by Gasteiger charge is -2.22. The van der Waals surface area contributed by atoms with Crippen molar-refractivity contribution >= 4 is 195 Å². The molecule has 0 aliphatic heterocycles. The fourth-order valence-corrected chi connectivity index (χ4v) is 17.6. The van der Waals surface area contributed by atoms with Gasteiger partial charge in [0.25, 0.3) is 0 Å². The van der Waals surface area contributed by atoms with Crippen molar-refractivity contribution in [3.63, 3.8) is 0 Å². The molecule has 0 amide bonds. The smallest absolute Gasteiger partial charge is 0.136 e. The van der Waals surface area contributed by atoms with E-state index >= 15 is 0 Å². The Morgan fingerprint density at radius 3 is 1.05 bits per heavy atom. The molecule has 0 radical (unpaired) electrons. The summed E-state index contributed by atoms with van der Waals surface area (Å²) in [5.41, 5.74) is -7.05. The average molecular weight is 1590 g/mol. The van der Waals surface area contributed by atoms with Crippen LogP contribution in [-0.2, 0) is 0 Å². The molecule has 0 unspecified atom stereocenters. The zero-order valence-electron chi connectivity index (χ0n) is 114. The maximum absolute atomic E-state index is 11.1. The summed E-state index contributed by atoms with van der Waals surface area (Å²) in [6, 6.07) is -14.5. The molecule has 2 aromatic heterocycles. The van der Waals surface area contributed by atoms with Crippen molar-refractivity contribution in [2.75, 3.05) is 0 Å². The fraction of sp³-hybridized carbons (Fsp3) is 0. The van der Waals surface area contributed by atoms with Gasteiger partial charge in [-0.3, -0.25) is 0 Å². The average Bonchev–Trinajstić information content (AvgIpc) is 0.982. The van der Waals surface area contributed by atoms with Gasteiger partial charge in [0, 0.05) is 21.5 Å². The third-order valence-electron chi connectivity index (χ3n) is 22.9. The minimum Gasteiger partial charge on any atom is -0.456 e. The molecule has 0 saturated carbocycles. The highest BCUT2D eigenvalue weighted by atomic mass is 16.3. The van der Waals surface area contributed by atoms with Gasteiger partial charge in [0.15, 0.2) is 0 Å². The summed E-state index contributed by atoms with van der Waals surface area (Å²) >= 11 is 0. The van der Waals surface area contributed by atoms with Gasteiger partial charge in [-0.1, -0.05) is 351 Å². The van der Waals surface area contributed by atoms with Gasteiger partial charge >= 0.3 is 0 Å². The highest BCUT2D eigenvalue weighted by molar-refractivity contribution is 6.32. The van der Waals surface area contributed by atoms with Crippen molar-refractivity contribution in [2.24, 2.45) is 0 Å². The number of hydrogen-bond acceptors (Lipinski definition) is 2. The molecule has 2 heteroatoms. The number of furan rings is 2. The first-order valence-corrected chi connectivity index (χ1v) is 38.1. The van der Waals surface area contributed by atoms with Gasteiger partial charge in [-0.15, -0.1) is 0 Å². The van der Waals surface area contributed by atoms with Gasteiger partial charge in [0.05, 0.1) is 71.3 Å². The molecule has 122 heavy (non-hydrogen) atoms. The van der Waals surface area contributed by atoms with E-state index in [0.717, 1.165) is 10.8 Å². The van der Waals surface area contributed by atoms with Crippen molar-refractivity contribution in [3.05, 3.63) is 411 Å². The molecule has 0 bridgehead atoms. The van der Waals surface area contributed by atoms with Crippen LogP contribution in [0.15, 0.2) is 420 Å². The van der Waals surface area contributed by atoms with E-state index < -0.39 is 456 Å². The van der Waals surface area contributed by atoms with Gasteiger partial charge in [-0.25, -0.2) is 0 Å². The maximum Gasteiger partial charge on any atom is 0.136 e. The molecule has 560 valence electrons. The summed E-state index contributed by atoms with van der Waals surface area (Å²) in [4.78, 5) is 0. The monoisotopic (exact) mass is 1590 g/mol. The van der Waals surface area contributed by atoms with Crippen molar-refractivity contribution in [1.29, 1.82) is 0 Å². The van der Waals surface area contributed by atoms with E-state index in [2.05, 4.69) is 0 Å². The van der Waals surface area contributed by atoms with E-state index in [0.29, 0.717) is 44.2 Å². The van der Waals surface area contributed by atoms with Crippen molar-refractivity contribution in [2.45, 2.75) is 0 Å². The molecule has 0 spiro atoms. The molecule has 0 aliphatic rings. The van der Waals surface area contributed by atoms with E-state index in [9.17, 15) is 41.1 Å². The molecule has 2 heterocycles. The third-order valence-corrected chi connectivity index (χ3v) is 22.9. The summed E-state index contributed by atoms with van der Waals surface area (Å²) in [7, 11) is 0. The first kappa shape index (κ1) is 34.5. The Labute approximate surface area is 773 Å². The highest BCUT2D eigenvalue weighted by Gasteiger charge is 2.28.